The van der Waals surface area contributed by atoms with Crippen LogP contribution in [0.25, 0.3) is 10.8 Å². The third-order valence-electron chi connectivity index (χ3n) is 5.48. The Labute approximate surface area is 214 Å². The number of hydrogen-bond donors (Lipinski definition) is 3. The molecule has 3 aromatic rings. The number of carbonyl (C=O) groups is 2. The number of likely N-dealkylation sites (N-methyl/N-ethyl adjacent to an activating group) is 1. The maximum atomic E-state index is 14.1. The van der Waals surface area contributed by atoms with Crippen molar-refractivity contribution in [1.82, 2.24) is 15.2 Å². The van der Waals surface area contributed by atoms with E-state index in [9.17, 15) is 27.2 Å². The normalized spacial score (nSPS) is 12.2. The number of fused-ring (bicyclic) bond motifs is 1. The van der Waals surface area contributed by atoms with Gasteiger partial charge < -0.3 is 20.7 Å². The summed E-state index contributed by atoms with van der Waals surface area (Å²) in [7, 11) is 1.24. The van der Waals surface area contributed by atoms with Crippen LogP contribution in [0.15, 0.2) is 48.7 Å². The summed E-state index contributed by atoms with van der Waals surface area (Å²) in [5, 5.41) is 5.73. The predicted octanol–water partition coefficient (Wildman–Crippen LogP) is 4.91. The van der Waals surface area contributed by atoms with Crippen molar-refractivity contribution in [2.75, 3.05) is 25.5 Å². The second-order valence-electron chi connectivity index (χ2n) is 8.19. The quantitative estimate of drug-likeness (QED) is 0.334. The van der Waals surface area contributed by atoms with Crippen LogP contribution < -0.4 is 16.4 Å². The molecule has 0 aliphatic carbocycles. The zero-order chi connectivity index (χ0) is 27.2. The van der Waals surface area contributed by atoms with E-state index >= 15 is 0 Å². The van der Waals surface area contributed by atoms with Crippen LogP contribution in [0, 0.1) is 11.6 Å². The highest BCUT2D eigenvalue weighted by molar-refractivity contribution is 6.31. The number of hydrogen-bond acceptors (Lipinski definition) is 5. The highest BCUT2D eigenvalue weighted by Gasteiger charge is 2.35. The van der Waals surface area contributed by atoms with Crippen LogP contribution in [-0.2, 0) is 11.3 Å². The van der Waals surface area contributed by atoms with E-state index in [0.29, 0.717) is 10.8 Å². The molecule has 198 valence electrons. The van der Waals surface area contributed by atoms with Gasteiger partial charge in [0.1, 0.15) is 24.1 Å². The third-order valence-corrected chi connectivity index (χ3v) is 5.91. The average Bonchev–Trinajstić information content (AvgIpc) is 2.86. The predicted molar refractivity (Wildman–Crippen MR) is 130 cm³/mol. The van der Waals surface area contributed by atoms with Gasteiger partial charge >= 0.3 is 12.1 Å². The van der Waals surface area contributed by atoms with E-state index in [0.717, 1.165) is 11.0 Å². The number of nitrogens with one attached hydrogen (secondary N) is 2. The van der Waals surface area contributed by atoms with E-state index in [1.165, 1.54) is 49.6 Å². The van der Waals surface area contributed by atoms with Gasteiger partial charge in [-0.15, -0.1) is 0 Å². The molecule has 1 unspecified atom stereocenters. The van der Waals surface area contributed by atoms with Gasteiger partial charge in [-0.3, -0.25) is 5.32 Å². The fraction of sp³-hybridized carbons (Fsp3) is 0.292. The van der Waals surface area contributed by atoms with Crippen LogP contribution >= 0.6 is 11.6 Å². The molecule has 0 bridgehead atoms. The molecule has 0 fully saturated rings. The van der Waals surface area contributed by atoms with E-state index in [-0.39, 0.29) is 22.9 Å². The van der Waals surface area contributed by atoms with Gasteiger partial charge in [0, 0.05) is 31.6 Å². The van der Waals surface area contributed by atoms with Gasteiger partial charge in [0.25, 0.3) is 5.92 Å². The standard InChI is InChI=1S/C24H24ClF4N5O3/c1-34(22(35)32-11-15-3-2-4-19(27)21(15)25)18(9-24(28,29)13-30)12-37-23(36)33-20-8-16-7-17(26)6-5-14(16)10-31-20/h2-8,10,18H,9,11-13,30H2,1H3,(H,32,35)(H,31,33,36). The number of rotatable bonds is 9. The lowest BCUT2D eigenvalue weighted by Crippen LogP contribution is -2.49. The molecule has 37 heavy (non-hydrogen) atoms. The van der Waals surface area contributed by atoms with Gasteiger partial charge in [-0.1, -0.05) is 23.7 Å². The number of carbonyl (C=O) groups excluding carboxylic acids is 2. The Morgan fingerprint density at radius 3 is 2.68 bits per heavy atom. The minimum absolute atomic E-state index is 0.0463. The lowest BCUT2D eigenvalue weighted by atomic mass is 10.1. The number of amides is 3. The molecule has 1 heterocycles. The molecule has 3 amide bonds. The highest BCUT2D eigenvalue weighted by atomic mass is 35.5. The molecule has 0 radical (unpaired) electrons. The van der Waals surface area contributed by atoms with Crippen molar-refractivity contribution < 1.29 is 31.9 Å². The average molecular weight is 542 g/mol. The first-order valence-electron chi connectivity index (χ1n) is 11.0. The van der Waals surface area contributed by atoms with Crippen molar-refractivity contribution in [3.63, 3.8) is 0 Å². The zero-order valence-electron chi connectivity index (χ0n) is 19.6. The molecular formula is C24H24ClF4N5O3. The SMILES string of the molecule is CN(C(=O)NCc1cccc(F)c1Cl)C(COC(=O)Nc1cc2cc(F)ccc2cn1)CC(F)(F)CN. The molecule has 1 atom stereocenters. The Morgan fingerprint density at radius 1 is 1.19 bits per heavy atom. The van der Waals surface area contributed by atoms with E-state index in [1.807, 2.05) is 0 Å². The summed E-state index contributed by atoms with van der Waals surface area (Å²) >= 11 is 5.87. The van der Waals surface area contributed by atoms with E-state index in [4.69, 9.17) is 22.1 Å². The first-order valence-corrected chi connectivity index (χ1v) is 11.4. The van der Waals surface area contributed by atoms with Gasteiger partial charge in [0.2, 0.25) is 0 Å². The summed E-state index contributed by atoms with van der Waals surface area (Å²) in [5.41, 5.74) is 5.42. The number of urea groups is 1. The first-order chi connectivity index (χ1) is 17.5. The molecule has 13 heteroatoms. The van der Waals surface area contributed by atoms with Crippen LogP contribution in [0.4, 0.5) is 33.0 Å². The van der Waals surface area contributed by atoms with Gasteiger partial charge in [0.15, 0.2) is 0 Å². The summed E-state index contributed by atoms with van der Waals surface area (Å²) in [6, 6.07) is 7.44. The van der Waals surface area contributed by atoms with Crippen molar-refractivity contribution in [3.8, 4) is 0 Å². The number of alkyl halides is 2. The smallest absolute Gasteiger partial charge is 0.412 e. The summed E-state index contributed by atoms with van der Waals surface area (Å²) in [6.07, 6.45) is -0.503. The van der Waals surface area contributed by atoms with Crippen molar-refractivity contribution in [1.29, 1.82) is 0 Å². The minimum Gasteiger partial charge on any atom is -0.447 e. The van der Waals surface area contributed by atoms with E-state index in [2.05, 4.69) is 15.6 Å². The van der Waals surface area contributed by atoms with Crippen LogP contribution in [0.2, 0.25) is 5.02 Å². The number of pyridine rings is 1. The Balaban J connectivity index is 1.64. The molecule has 8 nitrogen and oxygen atoms in total. The minimum atomic E-state index is -3.35. The second kappa shape index (κ2) is 12.1. The van der Waals surface area contributed by atoms with Gasteiger partial charge in [0.05, 0.1) is 17.6 Å². The third kappa shape index (κ3) is 7.67. The van der Waals surface area contributed by atoms with E-state index < -0.39 is 55.3 Å². The lowest BCUT2D eigenvalue weighted by molar-refractivity contribution is -0.0260. The molecule has 0 saturated heterocycles. The van der Waals surface area contributed by atoms with Gasteiger partial charge in [-0.2, -0.15) is 0 Å². The van der Waals surface area contributed by atoms with Crippen LogP contribution in [0.3, 0.4) is 0 Å². The lowest BCUT2D eigenvalue weighted by Gasteiger charge is -2.30. The molecule has 0 saturated carbocycles. The Hall–Kier alpha value is -3.64. The summed E-state index contributed by atoms with van der Waals surface area (Å²) in [6.45, 7) is -1.76. The molecule has 0 spiro atoms. The van der Waals surface area contributed by atoms with Crippen LogP contribution in [0.1, 0.15) is 12.0 Å². The molecule has 1 aromatic heterocycles. The fourth-order valence-corrected chi connectivity index (χ4v) is 3.57. The number of nitrogens with zero attached hydrogens (tertiary/aromatic N) is 2. The summed E-state index contributed by atoms with van der Waals surface area (Å²) in [4.78, 5) is 29.9. The van der Waals surface area contributed by atoms with Crippen molar-refractivity contribution in [2.45, 2.75) is 24.9 Å². The van der Waals surface area contributed by atoms with Gasteiger partial charge in [-0.05, 0) is 41.3 Å². The van der Waals surface area contributed by atoms with Crippen LogP contribution in [-0.4, -0.2) is 54.2 Å². The zero-order valence-corrected chi connectivity index (χ0v) is 20.4. The van der Waals surface area contributed by atoms with Crippen LogP contribution in [0.5, 0.6) is 0 Å². The number of aromatic nitrogens is 1. The number of ether oxygens (including phenoxy) is 1. The van der Waals surface area contributed by atoms with Gasteiger partial charge in [-0.25, -0.2) is 32.1 Å². The Bertz CT molecular complexity index is 1280. The van der Waals surface area contributed by atoms with Crippen molar-refractivity contribution >= 4 is 40.3 Å². The second-order valence-corrected chi connectivity index (χ2v) is 8.56. The monoisotopic (exact) mass is 541 g/mol. The number of benzene rings is 2. The molecule has 0 aliphatic heterocycles. The maximum absolute atomic E-state index is 14.1. The largest absolute Gasteiger partial charge is 0.447 e. The highest BCUT2D eigenvalue weighted by Crippen LogP contribution is 2.23. The fourth-order valence-electron chi connectivity index (χ4n) is 3.37. The molecule has 3 rings (SSSR count). The Morgan fingerprint density at radius 2 is 1.95 bits per heavy atom. The summed E-state index contributed by atoms with van der Waals surface area (Å²) < 4.78 is 60.3. The molecule has 4 N–H and O–H groups in total. The number of halogens is 5. The van der Waals surface area contributed by atoms with Crippen molar-refractivity contribution in [3.05, 3.63) is 70.9 Å². The Kier molecular flexibility index (Phi) is 9.11. The number of nitrogens with two attached hydrogens (primary N) is 1. The molecular weight excluding hydrogens is 518 g/mol. The molecule has 2 aromatic carbocycles. The topological polar surface area (TPSA) is 110 Å². The maximum Gasteiger partial charge on any atom is 0.412 e. The summed E-state index contributed by atoms with van der Waals surface area (Å²) in [5.74, 6) is -4.45. The van der Waals surface area contributed by atoms with E-state index in [1.54, 1.807) is 0 Å². The number of anilines is 1. The van der Waals surface area contributed by atoms with Crippen molar-refractivity contribution in [2.24, 2.45) is 5.73 Å². The first kappa shape index (κ1) is 27.9. The molecule has 0 aliphatic rings.